The number of halogens is 1. The van der Waals surface area contributed by atoms with Crippen molar-refractivity contribution in [3.63, 3.8) is 0 Å². The van der Waals surface area contributed by atoms with E-state index >= 15 is 0 Å². The lowest BCUT2D eigenvalue weighted by Gasteiger charge is -2.38. The van der Waals surface area contributed by atoms with Crippen LogP contribution in [0.15, 0.2) is 24.3 Å². The smallest absolute Gasteiger partial charge is 0.282 e. The summed E-state index contributed by atoms with van der Waals surface area (Å²) in [7, 11) is -3.46. The maximum Gasteiger partial charge on any atom is 0.282 e. The minimum Gasteiger partial charge on any atom is -0.484 e. The molecule has 0 N–H and O–H groups in total. The molecule has 2 heterocycles. The zero-order valence-corrected chi connectivity index (χ0v) is 16.3. The van der Waals surface area contributed by atoms with Crippen molar-refractivity contribution in [2.45, 2.75) is 19.8 Å². The molecule has 0 atom stereocenters. The molecule has 1 amide bonds. The average molecular weight is 399 g/mol. The second-order valence-corrected chi connectivity index (χ2v) is 9.04. The van der Waals surface area contributed by atoms with Crippen LogP contribution in [0.2, 0.25) is 0 Å². The van der Waals surface area contributed by atoms with E-state index in [4.69, 9.17) is 4.74 Å². The molecule has 2 aliphatic rings. The van der Waals surface area contributed by atoms with Gasteiger partial charge in [-0.2, -0.15) is 17.0 Å². The molecule has 27 heavy (non-hydrogen) atoms. The fraction of sp³-hybridized carbons (Fsp3) is 0.611. The topological polar surface area (TPSA) is 70.2 Å². The summed E-state index contributed by atoms with van der Waals surface area (Å²) in [6, 6.07) is 5.47. The third-order valence-corrected chi connectivity index (χ3v) is 7.20. The molecule has 2 fully saturated rings. The van der Waals surface area contributed by atoms with Crippen LogP contribution in [-0.2, 0) is 15.0 Å². The number of carbonyl (C=O) groups excluding carboxylic acids is 1. The summed E-state index contributed by atoms with van der Waals surface area (Å²) in [5.74, 6) is 0.412. The molecular weight excluding hydrogens is 373 g/mol. The fourth-order valence-corrected chi connectivity index (χ4v) is 4.94. The lowest BCUT2D eigenvalue weighted by atomic mass is 10.0. The lowest BCUT2D eigenvalue weighted by Crippen LogP contribution is -2.55. The Labute approximate surface area is 159 Å². The molecule has 7 nitrogen and oxygen atoms in total. The van der Waals surface area contributed by atoms with Crippen molar-refractivity contribution in [2.75, 3.05) is 45.9 Å². The minimum atomic E-state index is -3.46. The second kappa shape index (κ2) is 8.53. The van der Waals surface area contributed by atoms with E-state index in [0.717, 1.165) is 12.8 Å². The average Bonchev–Trinajstić information content (AvgIpc) is 2.68. The summed E-state index contributed by atoms with van der Waals surface area (Å²) in [6.45, 7) is 4.38. The molecule has 0 spiro atoms. The summed E-state index contributed by atoms with van der Waals surface area (Å²) in [5.41, 5.74) is 0. The highest BCUT2D eigenvalue weighted by Gasteiger charge is 2.34. The monoisotopic (exact) mass is 399 g/mol. The number of hydrogen-bond acceptors (Lipinski definition) is 4. The van der Waals surface area contributed by atoms with Crippen LogP contribution >= 0.6 is 0 Å². The zero-order valence-electron chi connectivity index (χ0n) is 15.5. The summed E-state index contributed by atoms with van der Waals surface area (Å²) < 4.78 is 46.8. The molecule has 0 unspecified atom stereocenters. The molecule has 0 radical (unpaired) electrons. The number of ether oxygens (including phenoxy) is 1. The number of benzene rings is 1. The van der Waals surface area contributed by atoms with Crippen molar-refractivity contribution in [1.82, 2.24) is 13.5 Å². The summed E-state index contributed by atoms with van der Waals surface area (Å²) >= 11 is 0. The van der Waals surface area contributed by atoms with Gasteiger partial charge in [0.05, 0.1) is 0 Å². The number of piperazine rings is 1. The summed E-state index contributed by atoms with van der Waals surface area (Å²) in [4.78, 5) is 13.9. The van der Waals surface area contributed by atoms with E-state index in [1.807, 2.05) is 0 Å². The SMILES string of the molecule is CC1CCN(S(=O)(=O)N2CCN(C(=O)COc3ccc(F)cc3)CC2)CC1. The Balaban J connectivity index is 1.47. The van der Waals surface area contributed by atoms with Crippen molar-refractivity contribution >= 4 is 16.1 Å². The number of carbonyl (C=O) groups is 1. The van der Waals surface area contributed by atoms with E-state index in [1.54, 1.807) is 9.21 Å². The van der Waals surface area contributed by atoms with Crippen molar-refractivity contribution in [3.8, 4) is 5.75 Å². The maximum absolute atomic E-state index is 12.9. The standard InChI is InChI=1S/C18H26FN3O4S/c1-15-6-8-21(9-7-15)27(24,25)22-12-10-20(11-13-22)18(23)14-26-17-4-2-16(19)3-5-17/h2-5,15H,6-14H2,1H3. The van der Waals surface area contributed by atoms with Gasteiger partial charge in [0, 0.05) is 39.3 Å². The Morgan fingerprint density at radius 3 is 2.19 bits per heavy atom. The molecule has 1 aromatic rings. The fourth-order valence-electron chi connectivity index (χ4n) is 3.31. The summed E-state index contributed by atoms with van der Waals surface area (Å²) in [5, 5.41) is 0. The first-order valence-corrected chi connectivity index (χ1v) is 10.7. The van der Waals surface area contributed by atoms with E-state index in [9.17, 15) is 17.6 Å². The Morgan fingerprint density at radius 2 is 1.59 bits per heavy atom. The Bertz CT molecular complexity index is 740. The van der Waals surface area contributed by atoms with Gasteiger partial charge in [0.2, 0.25) is 0 Å². The number of piperidine rings is 1. The van der Waals surface area contributed by atoms with Gasteiger partial charge in [-0.05, 0) is 43.0 Å². The second-order valence-electron chi connectivity index (χ2n) is 7.11. The van der Waals surface area contributed by atoms with E-state index in [2.05, 4.69) is 6.92 Å². The number of amides is 1. The molecule has 0 aliphatic carbocycles. The van der Waals surface area contributed by atoms with Crippen LogP contribution in [0.3, 0.4) is 0 Å². The van der Waals surface area contributed by atoms with E-state index in [1.165, 1.54) is 28.6 Å². The Kier molecular flexibility index (Phi) is 6.33. The lowest BCUT2D eigenvalue weighted by molar-refractivity contribution is -0.134. The molecule has 1 aromatic carbocycles. The molecule has 150 valence electrons. The third kappa shape index (κ3) is 4.97. The first-order valence-electron chi connectivity index (χ1n) is 9.27. The van der Waals surface area contributed by atoms with Crippen LogP contribution in [0.5, 0.6) is 5.75 Å². The van der Waals surface area contributed by atoms with Gasteiger partial charge in [0.25, 0.3) is 16.1 Å². The molecule has 0 saturated carbocycles. The molecule has 9 heteroatoms. The maximum atomic E-state index is 12.9. The van der Waals surface area contributed by atoms with E-state index < -0.39 is 10.2 Å². The number of nitrogens with zero attached hydrogens (tertiary/aromatic N) is 3. The normalized spacial score (nSPS) is 20.6. The van der Waals surface area contributed by atoms with Crippen LogP contribution in [0.25, 0.3) is 0 Å². The molecule has 0 bridgehead atoms. The minimum absolute atomic E-state index is 0.150. The quantitative estimate of drug-likeness (QED) is 0.749. The van der Waals surface area contributed by atoms with Crippen LogP contribution in [0.1, 0.15) is 19.8 Å². The number of hydrogen-bond donors (Lipinski definition) is 0. The van der Waals surface area contributed by atoms with Crippen LogP contribution in [-0.4, -0.2) is 73.7 Å². The van der Waals surface area contributed by atoms with Gasteiger partial charge in [0.15, 0.2) is 6.61 Å². The highest BCUT2D eigenvalue weighted by atomic mass is 32.2. The van der Waals surface area contributed by atoms with Crippen molar-refractivity contribution < 1.29 is 22.3 Å². The predicted octanol–water partition coefficient (Wildman–Crippen LogP) is 1.33. The van der Waals surface area contributed by atoms with Crippen molar-refractivity contribution in [2.24, 2.45) is 5.92 Å². The van der Waals surface area contributed by atoms with E-state index in [-0.39, 0.29) is 31.4 Å². The molecule has 2 aliphatic heterocycles. The summed E-state index contributed by atoms with van der Waals surface area (Å²) in [6.07, 6.45) is 1.77. The van der Waals surface area contributed by atoms with E-state index in [0.29, 0.717) is 37.8 Å². The largest absolute Gasteiger partial charge is 0.484 e. The Morgan fingerprint density at radius 1 is 1.04 bits per heavy atom. The Hall–Kier alpha value is -1.71. The molecule has 2 saturated heterocycles. The van der Waals surface area contributed by atoms with Gasteiger partial charge in [-0.3, -0.25) is 4.79 Å². The molecular formula is C18H26FN3O4S. The van der Waals surface area contributed by atoms with Gasteiger partial charge >= 0.3 is 0 Å². The molecule has 3 rings (SSSR count). The van der Waals surface area contributed by atoms with Gasteiger partial charge < -0.3 is 9.64 Å². The third-order valence-electron chi connectivity index (χ3n) is 5.16. The first kappa shape index (κ1) is 20.0. The van der Waals surface area contributed by atoms with Crippen LogP contribution in [0, 0.1) is 11.7 Å². The molecule has 0 aromatic heterocycles. The zero-order chi connectivity index (χ0) is 19.4. The van der Waals surface area contributed by atoms with Crippen LogP contribution < -0.4 is 4.74 Å². The first-order chi connectivity index (χ1) is 12.9. The van der Waals surface area contributed by atoms with Gasteiger partial charge in [-0.25, -0.2) is 4.39 Å². The predicted molar refractivity (Wildman–Crippen MR) is 98.9 cm³/mol. The highest BCUT2D eigenvalue weighted by molar-refractivity contribution is 7.86. The highest BCUT2D eigenvalue weighted by Crippen LogP contribution is 2.21. The van der Waals surface area contributed by atoms with Gasteiger partial charge in [0.1, 0.15) is 11.6 Å². The van der Waals surface area contributed by atoms with Crippen LogP contribution in [0.4, 0.5) is 4.39 Å². The van der Waals surface area contributed by atoms with Crippen molar-refractivity contribution in [1.29, 1.82) is 0 Å². The van der Waals surface area contributed by atoms with Gasteiger partial charge in [-0.1, -0.05) is 6.92 Å². The van der Waals surface area contributed by atoms with Crippen molar-refractivity contribution in [3.05, 3.63) is 30.1 Å². The number of rotatable bonds is 5. The van der Waals surface area contributed by atoms with Gasteiger partial charge in [-0.15, -0.1) is 0 Å².